The second-order valence-electron chi connectivity index (χ2n) is 12.2. The van der Waals surface area contributed by atoms with Gasteiger partial charge in [0, 0.05) is 79.6 Å². The van der Waals surface area contributed by atoms with Crippen molar-refractivity contribution in [2.45, 2.75) is 6.42 Å². The molecule has 0 bridgehead atoms. The second kappa shape index (κ2) is 13.0. The molecule has 0 aliphatic carbocycles. The highest BCUT2D eigenvalue weighted by Gasteiger charge is 2.44. The molecule has 2 saturated heterocycles. The zero-order valence-electron chi connectivity index (χ0n) is 26.3. The molecule has 5 aromatic rings. The highest BCUT2D eigenvalue weighted by Crippen LogP contribution is 2.33. The number of aromatic nitrogens is 4. The van der Waals surface area contributed by atoms with Gasteiger partial charge in [-0.25, -0.2) is 9.97 Å². The van der Waals surface area contributed by atoms with Gasteiger partial charge < -0.3 is 15.1 Å². The molecule has 0 radical (unpaired) electrons. The van der Waals surface area contributed by atoms with Gasteiger partial charge in [0.05, 0.1) is 29.4 Å². The van der Waals surface area contributed by atoms with E-state index in [1.54, 1.807) is 30.6 Å². The number of aromatic amines is 1. The maximum Gasteiger partial charge on any atom is 0.244 e. The molecule has 11 heteroatoms. The summed E-state index contributed by atoms with van der Waals surface area (Å²) in [5.41, 5.74) is 4.59. The summed E-state index contributed by atoms with van der Waals surface area (Å²) in [7, 11) is 0. The van der Waals surface area contributed by atoms with E-state index in [0.29, 0.717) is 49.7 Å². The Morgan fingerprint density at radius 2 is 1.67 bits per heavy atom. The SMILES string of the molecule is C#CC1(C(=O)Nc2ccc3[nH]nc(-c4ccc(C#N)cc4)c3c2)CCN(CC(=O)N2CCN(c3ccc(-c4ncccn4)cc3)CC2)C1. The number of hydrogen-bond donors (Lipinski definition) is 2. The van der Waals surface area contributed by atoms with Crippen molar-refractivity contribution >= 4 is 34.1 Å². The molecule has 4 heterocycles. The van der Waals surface area contributed by atoms with E-state index >= 15 is 0 Å². The average molecular weight is 636 g/mol. The van der Waals surface area contributed by atoms with Crippen LogP contribution < -0.4 is 10.2 Å². The first-order valence-electron chi connectivity index (χ1n) is 15.9. The van der Waals surface area contributed by atoms with Gasteiger partial charge in [-0.15, -0.1) is 6.42 Å². The van der Waals surface area contributed by atoms with Gasteiger partial charge in [0.1, 0.15) is 5.41 Å². The number of rotatable bonds is 7. The monoisotopic (exact) mass is 635 g/mol. The van der Waals surface area contributed by atoms with Crippen molar-refractivity contribution in [1.82, 2.24) is 30.0 Å². The van der Waals surface area contributed by atoms with Crippen LogP contribution in [0.1, 0.15) is 12.0 Å². The van der Waals surface area contributed by atoms with Crippen LogP contribution >= 0.6 is 0 Å². The van der Waals surface area contributed by atoms with E-state index in [2.05, 4.69) is 54.5 Å². The van der Waals surface area contributed by atoms with E-state index in [0.717, 1.165) is 46.5 Å². The normalized spacial score (nSPS) is 18.0. The number of terminal acetylenes is 1. The predicted molar refractivity (Wildman–Crippen MR) is 183 cm³/mol. The second-order valence-corrected chi connectivity index (χ2v) is 12.2. The van der Waals surface area contributed by atoms with E-state index in [1.807, 2.05) is 52.3 Å². The van der Waals surface area contributed by atoms with E-state index in [-0.39, 0.29) is 18.4 Å². The number of anilines is 2. The lowest BCUT2D eigenvalue weighted by Gasteiger charge is -2.37. The average Bonchev–Trinajstić information content (AvgIpc) is 3.77. The summed E-state index contributed by atoms with van der Waals surface area (Å²) in [6, 6.07) is 24.8. The van der Waals surface area contributed by atoms with Gasteiger partial charge in [-0.3, -0.25) is 19.6 Å². The number of nitrogens with zero attached hydrogens (tertiary/aromatic N) is 7. The molecule has 2 fully saturated rings. The summed E-state index contributed by atoms with van der Waals surface area (Å²) in [4.78, 5) is 41.7. The molecule has 2 aromatic heterocycles. The van der Waals surface area contributed by atoms with Crippen molar-refractivity contribution < 1.29 is 9.59 Å². The summed E-state index contributed by atoms with van der Waals surface area (Å²) in [6.07, 6.45) is 9.91. The van der Waals surface area contributed by atoms with Crippen molar-refractivity contribution in [3.05, 3.63) is 90.8 Å². The van der Waals surface area contributed by atoms with Crippen molar-refractivity contribution in [3.8, 4) is 41.1 Å². The Morgan fingerprint density at radius 1 is 0.938 bits per heavy atom. The Morgan fingerprint density at radius 3 is 2.38 bits per heavy atom. The highest BCUT2D eigenvalue weighted by atomic mass is 16.2. The molecule has 0 spiro atoms. The Bertz CT molecular complexity index is 2040. The fourth-order valence-corrected chi connectivity index (χ4v) is 6.43. The number of fused-ring (bicyclic) bond motifs is 1. The first-order valence-corrected chi connectivity index (χ1v) is 15.9. The number of benzene rings is 3. The third kappa shape index (κ3) is 6.07. The fraction of sp³-hybridized carbons (Fsp3) is 0.243. The van der Waals surface area contributed by atoms with Gasteiger partial charge in [-0.05, 0) is 67.1 Å². The lowest BCUT2D eigenvalue weighted by atomic mass is 9.87. The number of amides is 2. The van der Waals surface area contributed by atoms with Crippen LogP contribution in [0.2, 0.25) is 0 Å². The summed E-state index contributed by atoms with van der Waals surface area (Å²) >= 11 is 0. The minimum Gasteiger partial charge on any atom is -0.368 e. The molecule has 3 aromatic carbocycles. The standard InChI is InChI=1S/C37H33N9O2/c1-2-37(36(48)41-29-10-13-32-31(22-29)34(43-42-32)27-6-4-26(23-38)5-7-27)14-17-44(25-37)24-33(47)46-20-18-45(19-21-46)30-11-8-28(9-12-30)35-39-15-3-16-40-35/h1,3-13,15-16,22H,14,17-21,24-25H2,(H,41,48)(H,42,43). The van der Waals surface area contributed by atoms with Gasteiger partial charge >= 0.3 is 0 Å². The third-order valence-corrected chi connectivity index (χ3v) is 9.22. The molecular weight excluding hydrogens is 602 g/mol. The van der Waals surface area contributed by atoms with Crippen molar-refractivity contribution in [2.24, 2.45) is 5.41 Å². The maximum absolute atomic E-state index is 13.6. The van der Waals surface area contributed by atoms with Crippen molar-refractivity contribution in [3.63, 3.8) is 0 Å². The van der Waals surface area contributed by atoms with Crippen LogP contribution in [0, 0.1) is 29.1 Å². The number of hydrogen-bond acceptors (Lipinski definition) is 8. The molecule has 1 unspecified atom stereocenters. The fourth-order valence-electron chi connectivity index (χ4n) is 6.43. The smallest absolute Gasteiger partial charge is 0.244 e. The van der Waals surface area contributed by atoms with E-state index < -0.39 is 5.41 Å². The van der Waals surface area contributed by atoms with Gasteiger partial charge in [0.2, 0.25) is 11.8 Å². The Labute approximate surface area is 278 Å². The van der Waals surface area contributed by atoms with Crippen LogP contribution in [-0.2, 0) is 9.59 Å². The number of carbonyl (C=O) groups excluding carboxylic acids is 2. The summed E-state index contributed by atoms with van der Waals surface area (Å²) < 4.78 is 0. The Hall–Kier alpha value is -6.04. The van der Waals surface area contributed by atoms with Crippen LogP contribution in [0.15, 0.2) is 85.2 Å². The van der Waals surface area contributed by atoms with Gasteiger partial charge in [0.25, 0.3) is 0 Å². The largest absolute Gasteiger partial charge is 0.368 e. The maximum atomic E-state index is 13.6. The number of likely N-dealkylation sites (tertiary alicyclic amines) is 1. The molecule has 2 aliphatic rings. The van der Waals surface area contributed by atoms with E-state index in [9.17, 15) is 9.59 Å². The number of H-pyrrole nitrogens is 1. The molecule has 0 saturated carbocycles. The number of nitrogens with one attached hydrogen (secondary N) is 2. The first-order chi connectivity index (χ1) is 23.4. The van der Waals surface area contributed by atoms with Crippen LogP contribution in [0.5, 0.6) is 0 Å². The topological polar surface area (TPSA) is 134 Å². The zero-order valence-corrected chi connectivity index (χ0v) is 26.3. The minimum atomic E-state index is -1.04. The van der Waals surface area contributed by atoms with Crippen LogP contribution in [-0.4, -0.2) is 87.6 Å². The van der Waals surface area contributed by atoms with Gasteiger partial charge in [-0.2, -0.15) is 10.4 Å². The first kappa shape index (κ1) is 30.6. The van der Waals surface area contributed by atoms with Crippen LogP contribution in [0.25, 0.3) is 33.5 Å². The molecule has 1 atom stereocenters. The Balaban J connectivity index is 0.943. The zero-order chi connectivity index (χ0) is 33.1. The molecule has 11 nitrogen and oxygen atoms in total. The van der Waals surface area contributed by atoms with E-state index in [4.69, 9.17) is 11.7 Å². The molecule has 7 rings (SSSR count). The molecular formula is C37H33N9O2. The summed E-state index contributed by atoms with van der Waals surface area (Å²) in [5.74, 6) is 3.23. The molecule has 238 valence electrons. The van der Waals surface area contributed by atoms with Crippen molar-refractivity contribution in [2.75, 3.05) is 56.0 Å². The van der Waals surface area contributed by atoms with Gasteiger partial charge in [0.15, 0.2) is 5.82 Å². The van der Waals surface area contributed by atoms with E-state index in [1.165, 1.54) is 0 Å². The number of nitriles is 1. The number of piperazine rings is 1. The predicted octanol–water partition coefficient (Wildman–Crippen LogP) is 4.17. The molecule has 2 N–H and O–H groups in total. The van der Waals surface area contributed by atoms with Crippen molar-refractivity contribution in [1.29, 1.82) is 5.26 Å². The Kier molecular flexibility index (Phi) is 8.28. The molecule has 2 amide bonds. The quantitative estimate of drug-likeness (QED) is 0.255. The number of carbonyl (C=O) groups is 2. The molecule has 2 aliphatic heterocycles. The lowest BCUT2D eigenvalue weighted by Crippen LogP contribution is -2.51. The highest BCUT2D eigenvalue weighted by molar-refractivity contribution is 6.01. The summed E-state index contributed by atoms with van der Waals surface area (Å²) in [6.45, 7) is 3.80. The summed E-state index contributed by atoms with van der Waals surface area (Å²) in [5, 5.41) is 20.5. The van der Waals surface area contributed by atoms with Crippen LogP contribution in [0.4, 0.5) is 11.4 Å². The van der Waals surface area contributed by atoms with Crippen LogP contribution in [0.3, 0.4) is 0 Å². The van der Waals surface area contributed by atoms with Gasteiger partial charge in [-0.1, -0.05) is 18.1 Å². The minimum absolute atomic E-state index is 0.0418. The molecule has 48 heavy (non-hydrogen) atoms. The third-order valence-electron chi connectivity index (χ3n) is 9.22. The lowest BCUT2D eigenvalue weighted by molar-refractivity contribution is -0.133.